The normalized spacial score (nSPS) is 22.3. The molecular formula is C45H40ClF6N9O7S2. The van der Waals surface area contributed by atoms with E-state index >= 15 is 13.6 Å². The third kappa shape index (κ3) is 8.45. The summed E-state index contributed by atoms with van der Waals surface area (Å²) >= 11 is 6.72. The zero-order valence-electron chi connectivity index (χ0n) is 36.8. The number of likely N-dealkylation sites (N-methyl/N-ethyl adjacent to an activating group) is 1. The first-order chi connectivity index (χ1) is 33.1. The number of nitrogens with one attached hydrogen (secondary N) is 2. The Morgan fingerprint density at radius 2 is 1.66 bits per heavy atom. The summed E-state index contributed by atoms with van der Waals surface area (Å²) in [7, 11) is -6.28. The van der Waals surface area contributed by atoms with Gasteiger partial charge in [0.05, 0.1) is 52.9 Å². The molecule has 16 nitrogen and oxygen atoms in total. The molecule has 368 valence electrons. The van der Waals surface area contributed by atoms with Crippen LogP contribution in [0.4, 0.5) is 26.3 Å². The fourth-order valence-corrected chi connectivity index (χ4v) is 12.1. The molecule has 2 N–H and O–H groups in total. The summed E-state index contributed by atoms with van der Waals surface area (Å²) in [6.45, 7) is -0.155. The van der Waals surface area contributed by atoms with Gasteiger partial charge in [-0.15, -0.1) is 0 Å². The van der Waals surface area contributed by atoms with Gasteiger partial charge in [0.25, 0.3) is 17.9 Å². The van der Waals surface area contributed by atoms with Crippen LogP contribution in [0.2, 0.25) is 0 Å². The minimum absolute atomic E-state index is 0.00229. The highest BCUT2D eigenvalue weighted by atomic mass is 35.5. The molecule has 5 aromatic rings. The van der Waals surface area contributed by atoms with Crippen molar-refractivity contribution in [2.45, 2.75) is 54.6 Å². The summed E-state index contributed by atoms with van der Waals surface area (Å²) < 4.78 is 152. The lowest BCUT2D eigenvalue weighted by Gasteiger charge is -2.33. The van der Waals surface area contributed by atoms with Gasteiger partial charge >= 0.3 is 0 Å². The number of alkyl halides is 4. The quantitative estimate of drug-likeness (QED) is 0.149. The number of hydrogen-bond acceptors (Lipinski definition) is 11. The highest BCUT2D eigenvalue weighted by molar-refractivity contribution is 7.89. The van der Waals surface area contributed by atoms with Gasteiger partial charge in [-0.1, -0.05) is 29.8 Å². The SMILES string of the molecule is CN1N=C(NS(C)(=O)=O)C2C(Cl)=CC=C(n3c([C@H](Cc4cc(F)cc(F)c4)NC(=O)Cn4nc(C(F)F)c5c4C(F)(F)[C@@H]4C[C@H]54)nc4cc(-c5ccc(S(=O)(=O)N6CCOCC6)cc5)ccc4c3=O)C21. The van der Waals surface area contributed by atoms with Crippen LogP contribution in [0.15, 0.2) is 92.6 Å². The number of ether oxygens (including phenoxy) is 1. The molecule has 0 radical (unpaired) electrons. The fraction of sp³-hybridized carbons (Fsp3) is 0.356. The van der Waals surface area contributed by atoms with Gasteiger partial charge in [0.1, 0.15) is 47.3 Å². The second-order valence-corrected chi connectivity index (χ2v) is 21.8. The Morgan fingerprint density at radius 1 is 0.971 bits per heavy atom. The average molecular weight is 1030 g/mol. The number of carbonyl (C=O) groups excluding carboxylic acids is 1. The molecule has 5 atom stereocenters. The highest BCUT2D eigenvalue weighted by Gasteiger charge is 2.67. The number of nitrogens with zero attached hydrogens (tertiary/aromatic N) is 7. The van der Waals surface area contributed by atoms with Gasteiger partial charge in [-0.3, -0.25) is 28.6 Å². The van der Waals surface area contributed by atoms with Crippen molar-refractivity contribution in [3.63, 3.8) is 0 Å². The van der Waals surface area contributed by atoms with Gasteiger partial charge < -0.3 is 10.1 Å². The molecule has 25 heteroatoms. The molecular weight excluding hydrogens is 992 g/mol. The number of rotatable bonds is 12. The van der Waals surface area contributed by atoms with Gasteiger partial charge in [0.15, 0.2) is 0 Å². The van der Waals surface area contributed by atoms with Crippen LogP contribution < -0.4 is 15.6 Å². The Bertz CT molecular complexity index is 3380. The molecule has 0 spiro atoms. The number of allylic oxidation sites excluding steroid dienone is 2. The molecule has 70 heavy (non-hydrogen) atoms. The predicted octanol–water partition coefficient (Wildman–Crippen LogP) is 5.58. The van der Waals surface area contributed by atoms with E-state index in [2.05, 4.69) is 20.2 Å². The van der Waals surface area contributed by atoms with Crippen LogP contribution in [0.1, 0.15) is 53.1 Å². The molecule has 0 bridgehead atoms. The molecule has 1 saturated carbocycles. The van der Waals surface area contributed by atoms with E-state index < -0.39 is 110 Å². The third-order valence-corrected chi connectivity index (χ3v) is 15.9. The first-order valence-corrected chi connectivity index (χ1v) is 25.4. The van der Waals surface area contributed by atoms with E-state index in [1.165, 1.54) is 52.8 Å². The molecule has 2 fully saturated rings. The molecule has 5 aliphatic rings. The van der Waals surface area contributed by atoms with Crippen molar-refractivity contribution in [3.05, 3.63) is 128 Å². The molecule has 2 aliphatic heterocycles. The van der Waals surface area contributed by atoms with Gasteiger partial charge in [-0.25, -0.2) is 39.4 Å². The lowest BCUT2D eigenvalue weighted by atomic mass is 9.91. The lowest BCUT2D eigenvalue weighted by Crippen LogP contribution is -2.44. The van der Waals surface area contributed by atoms with E-state index in [0.717, 1.165) is 23.0 Å². The number of amides is 1. The second-order valence-electron chi connectivity index (χ2n) is 17.7. The topological polar surface area (TPSA) is 190 Å². The summed E-state index contributed by atoms with van der Waals surface area (Å²) in [5, 5.41) is 12.3. The van der Waals surface area contributed by atoms with Crippen molar-refractivity contribution in [2.75, 3.05) is 39.6 Å². The van der Waals surface area contributed by atoms with Crippen LogP contribution in [-0.2, 0) is 48.5 Å². The van der Waals surface area contributed by atoms with E-state index in [1.54, 1.807) is 18.2 Å². The minimum Gasteiger partial charge on any atom is -0.379 e. The summed E-state index contributed by atoms with van der Waals surface area (Å²) in [4.78, 5) is 34.4. The molecule has 10 rings (SSSR count). The summed E-state index contributed by atoms with van der Waals surface area (Å²) in [5.41, 5.74) is -1.73. The summed E-state index contributed by atoms with van der Waals surface area (Å²) in [5.74, 6) is -10.1. The third-order valence-electron chi connectivity index (χ3n) is 13.0. The first-order valence-electron chi connectivity index (χ1n) is 21.7. The fourth-order valence-electron chi connectivity index (χ4n) is 9.90. The monoisotopic (exact) mass is 1030 g/mol. The molecule has 1 amide bonds. The number of carbonyl (C=O) groups is 1. The maximum atomic E-state index is 15.6. The van der Waals surface area contributed by atoms with Crippen LogP contribution in [0.3, 0.4) is 0 Å². The van der Waals surface area contributed by atoms with Crippen molar-refractivity contribution in [3.8, 4) is 11.1 Å². The largest absolute Gasteiger partial charge is 0.379 e. The number of amidine groups is 1. The number of hydrazone groups is 1. The van der Waals surface area contributed by atoms with Crippen molar-refractivity contribution in [2.24, 2.45) is 16.9 Å². The molecule has 1 saturated heterocycles. The summed E-state index contributed by atoms with van der Waals surface area (Å²) in [6.07, 6.45) is 0.00929. The number of fused-ring (bicyclic) bond motifs is 5. The lowest BCUT2D eigenvalue weighted by molar-refractivity contribution is -0.123. The zero-order valence-corrected chi connectivity index (χ0v) is 39.2. The molecule has 4 heterocycles. The van der Waals surface area contributed by atoms with Crippen LogP contribution in [0, 0.1) is 23.5 Å². The number of benzene rings is 3. The minimum atomic E-state index is -3.92. The van der Waals surface area contributed by atoms with Gasteiger partial charge in [0.2, 0.25) is 26.0 Å². The van der Waals surface area contributed by atoms with Crippen LogP contribution in [0.5, 0.6) is 0 Å². The number of sulfonamides is 2. The molecule has 2 aromatic heterocycles. The maximum Gasteiger partial charge on any atom is 0.293 e. The maximum absolute atomic E-state index is 15.6. The Hall–Kier alpha value is -6.08. The zero-order chi connectivity index (χ0) is 49.8. The number of morpholine rings is 1. The van der Waals surface area contributed by atoms with E-state index in [9.17, 15) is 39.2 Å². The van der Waals surface area contributed by atoms with Crippen molar-refractivity contribution in [1.29, 1.82) is 0 Å². The first kappa shape index (κ1) is 47.6. The number of halogens is 7. The van der Waals surface area contributed by atoms with Crippen LogP contribution >= 0.6 is 11.6 Å². The van der Waals surface area contributed by atoms with Crippen LogP contribution in [-0.4, -0.2) is 103 Å². The van der Waals surface area contributed by atoms with Gasteiger partial charge in [-0.05, 0) is 77.6 Å². The van der Waals surface area contributed by atoms with Crippen molar-refractivity contribution >= 4 is 60.0 Å². The highest BCUT2D eigenvalue weighted by Crippen LogP contribution is 2.68. The Kier molecular flexibility index (Phi) is 11.8. The van der Waals surface area contributed by atoms with Crippen LogP contribution in [0.25, 0.3) is 27.7 Å². The van der Waals surface area contributed by atoms with Gasteiger partial charge in [-0.2, -0.15) is 23.3 Å². The molecule has 3 aromatic carbocycles. The smallest absolute Gasteiger partial charge is 0.293 e. The number of aromatic nitrogens is 4. The Labute approximate surface area is 400 Å². The van der Waals surface area contributed by atoms with E-state index in [-0.39, 0.29) is 82.0 Å². The summed E-state index contributed by atoms with van der Waals surface area (Å²) in [6, 6.07) is 10.5. The van der Waals surface area contributed by atoms with Crippen molar-refractivity contribution in [1.82, 2.24) is 38.7 Å². The number of hydrogen-bond donors (Lipinski definition) is 2. The average Bonchev–Trinajstić information content (AvgIpc) is 3.84. The van der Waals surface area contributed by atoms with Crippen molar-refractivity contribution < 1.29 is 52.7 Å². The predicted molar refractivity (Wildman–Crippen MR) is 243 cm³/mol. The van der Waals surface area contributed by atoms with E-state index in [4.69, 9.17) is 21.3 Å². The van der Waals surface area contributed by atoms with E-state index in [1.807, 2.05) is 0 Å². The standard InChI is InChI=1S/C45H40ClF6N9O7S2/c1-58-39-34(10-9-31(46)37(39)42(56-58)57-69(2,64)65)61-43(54-32-18-24(5-8-28(32)44(61)63)23-3-6-27(7-4-23)70(66,67)59-11-13-68-14-12-59)33(17-22-15-25(47)19-26(48)16-22)53-35(62)21-60-40-36(38(55-60)41(49)50)29-20-30(29)45(40,51)52/h3-10,15-16,18-19,29-30,33,37,39,41H,11-14,17,20-21H2,1-2H3,(H,53,62)(H,56,57)/t29-,30+,33-,37?,39?/m0/s1. The molecule has 2 unspecified atom stereocenters. The van der Waals surface area contributed by atoms with E-state index in [0.29, 0.717) is 21.9 Å². The molecule has 3 aliphatic carbocycles. The second kappa shape index (κ2) is 17.3. The Morgan fingerprint density at radius 3 is 2.33 bits per heavy atom. The Balaban J connectivity index is 1.11. The van der Waals surface area contributed by atoms with Gasteiger partial charge in [0, 0.05) is 49.1 Å².